The molecule has 0 amide bonds. The maximum Gasteiger partial charge on any atom is 0.119 e. The third-order valence-corrected chi connectivity index (χ3v) is 2.67. The molecule has 0 saturated heterocycles. The second kappa shape index (κ2) is 5.17. The predicted molar refractivity (Wildman–Crippen MR) is 62.1 cm³/mol. The van der Waals surface area contributed by atoms with Gasteiger partial charge in [-0.2, -0.15) is 0 Å². The lowest BCUT2D eigenvalue weighted by Gasteiger charge is -2.05. The van der Waals surface area contributed by atoms with Crippen LogP contribution in [0.1, 0.15) is 31.2 Å². The summed E-state index contributed by atoms with van der Waals surface area (Å²) in [4.78, 5) is 0. The SMILES string of the molecule is NCCCCc1ccc(OC2CC2)cc1. The minimum atomic E-state index is 0.494. The first-order valence-corrected chi connectivity index (χ1v) is 5.84. The number of rotatable bonds is 6. The van der Waals surface area contributed by atoms with Crippen molar-refractivity contribution < 1.29 is 4.74 Å². The summed E-state index contributed by atoms with van der Waals surface area (Å²) < 4.78 is 5.69. The predicted octanol–water partition coefficient (Wildman–Crippen LogP) is 2.51. The number of unbranched alkanes of at least 4 members (excludes halogenated alkanes) is 1. The Morgan fingerprint density at radius 3 is 2.47 bits per heavy atom. The van der Waals surface area contributed by atoms with Crippen LogP contribution >= 0.6 is 0 Å². The Kier molecular flexibility index (Phi) is 3.62. The maximum atomic E-state index is 5.69. The normalized spacial score (nSPS) is 15.3. The first-order valence-electron chi connectivity index (χ1n) is 5.84. The Labute approximate surface area is 91.4 Å². The molecule has 0 atom stereocenters. The molecule has 0 heterocycles. The van der Waals surface area contributed by atoms with Crippen LogP contribution in [0.3, 0.4) is 0 Å². The molecule has 0 aliphatic heterocycles. The molecule has 1 aliphatic rings. The molecule has 1 aromatic carbocycles. The van der Waals surface area contributed by atoms with Crippen LogP contribution in [0.5, 0.6) is 5.75 Å². The van der Waals surface area contributed by atoms with Crippen LogP contribution in [0.15, 0.2) is 24.3 Å². The molecule has 2 rings (SSSR count). The molecule has 2 N–H and O–H groups in total. The molecule has 0 aromatic heterocycles. The third kappa shape index (κ3) is 3.56. The number of benzene rings is 1. The second-order valence-corrected chi connectivity index (χ2v) is 4.21. The summed E-state index contributed by atoms with van der Waals surface area (Å²) in [5.74, 6) is 1.01. The minimum absolute atomic E-state index is 0.494. The minimum Gasteiger partial charge on any atom is -0.490 e. The van der Waals surface area contributed by atoms with Crippen molar-refractivity contribution >= 4 is 0 Å². The molecule has 82 valence electrons. The van der Waals surface area contributed by atoms with E-state index in [4.69, 9.17) is 10.5 Å². The van der Waals surface area contributed by atoms with Crippen LogP contribution in [-0.4, -0.2) is 12.6 Å². The van der Waals surface area contributed by atoms with Crippen molar-refractivity contribution in [3.63, 3.8) is 0 Å². The van der Waals surface area contributed by atoms with Gasteiger partial charge in [0.1, 0.15) is 5.75 Å². The van der Waals surface area contributed by atoms with Crippen LogP contribution in [0.25, 0.3) is 0 Å². The highest BCUT2D eigenvalue weighted by atomic mass is 16.5. The third-order valence-electron chi connectivity index (χ3n) is 2.67. The molecule has 1 aromatic rings. The van der Waals surface area contributed by atoms with Crippen molar-refractivity contribution in [3.8, 4) is 5.75 Å². The van der Waals surface area contributed by atoms with Gasteiger partial charge < -0.3 is 10.5 Å². The Hall–Kier alpha value is -1.02. The summed E-state index contributed by atoms with van der Waals surface area (Å²) in [6.07, 6.45) is 6.35. The van der Waals surface area contributed by atoms with Gasteiger partial charge in [0, 0.05) is 0 Å². The van der Waals surface area contributed by atoms with Gasteiger partial charge in [0.05, 0.1) is 6.10 Å². The van der Waals surface area contributed by atoms with Gasteiger partial charge in [-0.3, -0.25) is 0 Å². The lowest BCUT2D eigenvalue weighted by molar-refractivity contribution is 0.303. The fraction of sp³-hybridized carbons (Fsp3) is 0.538. The quantitative estimate of drug-likeness (QED) is 0.724. The lowest BCUT2D eigenvalue weighted by Crippen LogP contribution is -1.99. The van der Waals surface area contributed by atoms with Crippen molar-refractivity contribution in [1.29, 1.82) is 0 Å². The van der Waals surface area contributed by atoms with Crippen molar-refractivity contribution in [2.45, 2.75) is 38.2 Å². The number of hydrogen-bond acceptors (Lipinski definition) is 2. The molecule has 0 radical (unpaired) electrons. The summed E-state index contributed by atoms with van der Waals surface area (Å²) in [6, 6.07) is 8.48. The van der Waals surface area contributed by atoms with Crippen LogP contribution in [-0.2, 0) is 6.42 Å². The average Bonchev–Trinajstić information content (AvgIpc) is 3.05. The van der Waals surface area contributed by atoms with Gasteiger partial charge in [0.25, 0.3) is 0 Å². The zero-order chi connectivity index (χ0) is 10.5. The Bertz CT molecular complexity index is 290. The second-order valence-electron chi connectivity index (χ2n) is 4.21. The van der Waals surface area contributed by atoms with Crippen molar-refractivity contribution in [1.82, 2.24) is 0 Å². The molecule has 15 heavy (non-hydrogen) atoms. The van der Waals surface area contributed by atoms with E-state index < -0.39 is 0 Å². The van der Waals surface area contributed by atoms with E-state index in [1.165, 1.54) is 24.8 Å². The molecule has 1 aliphatic carbocycles. The average molecular weight is 205 g/mol. The Balaban J connectivity index is 1.80. The molecule has 0 spiro atoms. The summed E-state index contributed by atoms with van der Waals surface area (Å²) >= 11 is 0. The molecular formula is C13H19NO. The topological polar surface area (TPSA) is 35.2 Å². The zero-order valence-corrected chi connectivity index (χ0v) is 9.11. The first-order chi connectivity index (χ1) is 7.38. The van der Waals surface area contributed by atoms with Gasteiger partial charge >= 0.3 is 0 Å². The number of nitrogens with two attached hydrogens (primary N) is 1. The smallest absolute Gasteiger partial charge is 0.119 e. The zero-order valence-electron chi connectivity index (χ0n) is 9.11. The summed E-state index contributed by atoms with van der Waals surface area (Å²) in [5.41, 5.74) is 6.84. The van der Waals surface area contributed by atoms with E-state index in [-0.39, 0.29) is 0 Å². The van der Waals surface area contributed by atoms with Gasteiger partial charge in [0.15, 0.2) is 0 Å². The van der Waals surface area contributed by atoms with E-state index in [0.717, 1.165) is 25.1 Å². The van der Waals surface area contributed by atoms with Gasteiger partial charge in [-0.15, -0.1) is 0 Å². The van der Waals surface area contributed by atoms with Crippen LogP contribution in [0.4, 0.5) is 0 Å². The molecule has 0 unspecified atom stereocenters. The van der Waals surface area contributed by atoms with E-state index in [9.17, 15) is 0 Å². The lowest BCUT2D eigenvalue weighted by atomic mass is 10.1. The molecule has 0 bridgehead atoms. The maximum absolute atomic E-state index is 5.69. The summed E-state index contributed by atoms with van der Waals surface area (Å²) in [5, 5.41) is 0. The molecular weight excluding hydrogens is 186 g/mol. The molecule has 1 fully saturated rings. The van der Waals surface area contributed by atoms with Gasteiger partial charge in [-0.25, -0.2) is 0 Å². The van der Waals surface area contributed by atoms with Gasteiger partial charge in [-0.1, -0.05) is 12.1 Å². The van der Waals surface area contributed by atoms with E-state index in [1.54, 1.807) is 0 Å². The monoisotopic (exact) mass is 205 g/mol. The van der Waals surface area contributed by atoms with Gasteiger partial charge in [0.2, 0.25) is 0 Å². The van der Waals surface area contributed by atoms with Crippen molar-refractivity contribution in [2.24, 2.45) is 5.73 Å². The Morgan fingerprint density at radius 1 is 1.13 bits per heavy atom. The fourth-order valence-electron chi connectivity index (χ4n) is 1.59. The van der Waals surface area contributed by atoms with Crippen LogP contribution in [0, 0.1) is 0 Å². The highest BCUT2D eigenvalue weighted by Crippen LogP contribution is 2.26. The standard InChI is InChI=1S/C13H19NO/c14-10-2-1-3-11-4-6-12(7-5-11)15-13-8-9-13/h4-7,13H,1-3,8-10,14H2. The number of aryl methyl sites for hydroxylation is 1. The largest absolute Gasteiger partial charge is 0.490 e. The first kappa shape index (κ1) is 10.5. The van der Waals surface area contributed by atoms with Crippen LogP contribution < -0.4 is 10.5 Å². The summed E-state index contributed by atoms with van der Waals surface area (Å²) in [7, 11) is 0. The van der Waals surface area contributed by atoms with Crippen molar-refractivity contribution in [2.75, 3.05) is 6.54 Å². The van der Waals surface area contributed by atoms with Gasteiger partial charge in [-0.05, 0) is 56.3 Å². The van der Waals surface area contributed by atoms with Crippen molar-refractivity contribution in [3.05, 3.63) is 29.8 Å². The highest BCUT2D eigenvalue weighted by Gasteiger charge is 2.23. The molecule has 2 heteroatoms. The fourth-order valence-corrected chi connectivity index (χ4v) is 1.59. The van der Waals surface area contributed by atoms with E-state index in [1.807, 2.05) is 0 Å². The van der Waals surface area contributed by atoms with Crippen LogP contribution in [0.2, 0.25) is 0 Å². The number of hydrogen-bond donors (Lipinski definition) is 1. The van der Waals surface area contributed by atoms with E-state index >= 15 is 0 Å². The van der Waals surface area contributed by atoms with E-state index in [0.29, 0.717) is 6.10 Å². The Morgan fingerprint density at radius 2 is 1.87 bits per heavy atom. The summed E-state index contributed by atoms with van der Waals surface area (Å²) in [6.45, 7) is 0.795. The molecule has 1 saturated carbocycles. The molecule has 2 nitrogen and oxygen atoms in total. The van der Waals surface area contributed by atoms with E-state index in [2.05, 4.69) is 24.3 Å². The number of ether oxygens (including phenoxy) is 1. The highest BCUT2D eigenvalue weighted by molar-refractivity contribution is 5.27.